The van der Waals surface area contributed by atoms with Gasteiger partial charge in [0.15, 0.2) is 0 Å². The molecule has 0 aromatic carbocycles. The number of ether oxygens (including phenoxy) is 1. The molecule has 2 atom stereocenters. The Morgan fingerprint density at radius 3 is 3.00 bits per heavy atom. The standard InChI is InChI=1S/C8H15NO/c1-2-3-9-5-8-4-7(9)6-10-8/h7-8H,2-6H2,1H3/t7?,8-/m1/s1. The number of morpholine rings is 1. The quantitative estimate of drug-likeness (QED) is 0.565. The maximum Gasteiger partial charge on any atom is 0.0718 e. The summed E-state index contributed by atoms with van der Waals surface area (Å²) in [6.45, 7) is 5.69. The van der Waals surface area contributed by atoms with Gasteiger partial charge in [-0.05, 0) is 19.4 Å². The molecule has 58 valence electrons. The van der Waals surface area contributed by atoms with Crippen molar-refractivity contribution >= 4 is 0 Å². The fourth-order valence-electron chi connectivity index (χ4n) is 2.04. The number of fused-ring (bicyclic) bond motifs is 2. The lowest BCUT2D eigenvalue weighted by atomic mass is 10.2. The lowest BCUT2D eigenvalue weighted by molar-refractivity contribution is 0.0308. The van der Waals surface area contributed by atoms with Gasteiger partial charge in [0.2, 0.25) is 0 Å². The van der Waals surface area contributed by atoms with Crippen LogP contribution in [0.2, 0.25) is 0 Å². The predicted molar refractivity (Wildman–Crippen MR) is 40.0 cm³/mol. The minimum absolute atomic E-state index is 0.580. The normalized spacial score (nSPS) is 39.3. The predicted octanol–water partition coefficient (Wildman–Crippen LogP) is 0.869. The Kier molecular flexibility index (Phi) is 1.66. The molecular formula is C8H15NO. The first-order valence-corrected chi connectivity index (χ1v) is 4.26. The van der Waals surface area contributed by atoms with E-state index in [-0.39, 0.29) is 0 Å². The Morgan fingerprint density at radius 1 is 1.60 bits per heavy atom. The summed E-state index contributed by atoms with van der Waals surface area (Å²) < 4.78 is 5.49. The number of rotatable bonds is 2. The van der Waals surface area contributed by atoms with Crippen molar-refractivity contribution in [2.75, 3.05) is 19.7 Å². The Hall–Kier alpha value is -0.0800. The first kappa shape index (κ1) is 6.62. The fraction of sp³-hybridized carbons (Fsp3) is 1.00. The Labute approximate surface area is 62.2 Å². The van der Waals surface area contributed by atoms with Crippen molar-refractivity contribution in [2.45, 2.75) is 31.9 Å². The van der Waals surface area contributed by atoms with E-state index in [9.17, 15) is 0 Å². The van der Waals surface area contributed by atoms with Crippen LogP contribution in [-0.2, 0) is 4.74 Å². The van der Waals surface area contributed by atoms with Crippen LogP contribution in [0, 0.1) is 0 Å². The molecule has 0 aromatic rings. The summed E-state index contributed by atoms with van der Waals surface area (Å²) in [5.74, 6) is 0. The van der Waals surface area contributed by atoms with Crippen LogP contribution in [0.1, 0.15) is 19.8 Å². The van der Waals surface area contributed by atoms with Gasteiger partial charge >= 0.3 is 0 Å². The van der Waals surface area contributed by atoms with Crippen LogP contribution >= 0.6 is 0 Å². The van der Waals surface area contributed by atoms with Gasteiger partial charge in [-0.2, -0.15) is 0 Å². The summed E-state index contributed by atoms with van der Waals surface area (Å²) >= 11 is 0. The zero-order valence-corrected chi connectivity index (χ0v) is 6.55. The van der Waals surface area contributed by atoms with E-state index in [1.165, 1.54) is 25.9 Å². The van der Waals surface area contributed by atoms with Gasteiger partial charge in [0.05, 0.1) is 12.7 Å². The van der Waals surface area contributed by atoms with Gasteiger partial charge in [-0.25, -0.2) is 0 Å². The minimum Gasteiger partial charge on any atom is -0.375 e. The highest BCUT2D eigenvalue weighted by Gasteiger charge is 2.37. The second-order valence-corrected chi connectivity index (χ2v) is 3.34. The van der Waals surface area contributed by atoms with Gasteiger partial charge in [-0.1, -0.05) is 6.92 Å². The van der Waals surface area contributed by atoms with Crippen molar-refractivity contribution < 1.29 is 4.74 Å². The zero-order chi connectivity index (χ0) is 6.97. The highest BCUT2D eigenvalue weighted by Crippen LogP contribution is 2.27. The van der Waals surface area contributed by atoms with Crippen LogP contribution in [0.25, 0.3) is 0 Å². The maximum absolute atomic E-state index is 5.49. The molecule has 2 nitrogen and oxygen atoms in total. The van der Waals surface area contributed by atoms with E-state index in [0.29, 0.717) is 6.10 Å². The summed E-state index contributed by atoms with van der Waals surface area (Å²) in [5, 5.41) is 0. The first-order chi connectivity index (χ1) is 4.90. The van der Waals surface area contributed by atoms with E-state index < -0.39 is 0 Å². The molecular weight excluding hydrogens is 126 g/mol. The SMILES string of the molecule is CCCN1C[C@H]2CC1CO2. The molecule has 2 aliphatic heterocycles. The summed E-state index contributed by atoms with van der Waals surface area (Å²) in [4.78, 5) is 2.56. The minimum atomic E-state index is 0.580. The average Bonchev–Trinajstić information content (AvgIpc) is 2.48. The van der Waals surface area contributed by atoms with Gasteiger partial charge in [-0.15, -0.1) is 0 Å². The van der Waals surface area contributed by atoms with E-state index in [4.69, 9.17) is 4.74 Å². The Morgan fingerprint density at radius 2 is 2.50 bits per heavy atom. The summed E-state index contributed by atoms with van der Waals surface area (Å²) in [5.41, 5.74) is 0. The Bertz CT molecular complexity index is 126. The molecule has 2 bridgehead atoms. The molecule has 0 amide bonds. The van der Waals surface area contributed by atoms with Gasteiger partial charge in [0.25, 0.3) is 0 Å². The second-order valence-electron chi connectivity index (χ2n) is 3.34. The van der Waals surface area contributed by atoms with E-state index in [1.54, 1.807) is 0 Å². The van der Waals surface area contributed by atoms with Crippen LogP contribution < -0.4 is 0 Å². The molecule has 0 N–H and O–H groups in total. The van der Waals surface area contributed by atoms with Gasteiger partial charge in [-0.3, -0.25) is 4.90 Å². The third-order valence-electron chi connectivity index (χ3n) is 2.52. The molecule has 2 fully saturated rings. The molecule has 2 heteroatoms. The lowest BCUT2D eigenvalue weighted by Crippen LogP contribution is -2.37. The van der Waals surface area contributed by atoms with Crippen molar-refractivity contribution in [3.05, 3.63) is 0 Å². The number of nitrogens with zero attached hydrogens (tertiary/aromatic N) is 1. The van der Waals surface area contributed by atoms with Crippen molar-refractivity contribution in [1.29, 1.82) is 0 Å². The van der Waals surface area contributed by atoms with Crippen molar-refractivity contribution in [2.24, 2.45) is 0 Å². The molecule has 0 spiro atoms. The molecule has 2 saturated heterocycles. The average molecular weight is 141 g/mol. The molecule has 2 aliphatic rings. The molecule has 2 heterocycles. The molecule has 0 aliphatic carbocycles. The van der Waals surface area contributed by atoms with Crippen molar-refractivity contribution in [1.82, 2.24) is 4.90 Å². The van der Waals surface area contributed by atoms with E-state index >= 15 is 0 Å². The summed E-state index contributed by atoms with van der Waals surface area (Å²) in [7, 11) is 0. The van der Waals surface area contributed by atoms with E-state index in [2.05, 4.69) is 11.8 Å². The van der Waals surface area contributed by atoms with Crippen LogP contribution in [0.4, 0.5) is 0 Å². The van der Waals surface area contributed by atoms with Crippen LogP contribution in [0.3, 0.4) is 0 Å². The van der Waals surface area contributed by atoms with Crippen LogP contribution in [0.5, 0.6) is 0 Å². The van der Waals surface area contributed by atoms with Gasteiger partial charge < -0.3 is 4.74 Å². The molecule has 1 unspecified atom stereocenters. The molecule has 2 rings (SSSR count). The topological polar surface area (TPSA) is 12.5 Å². The monoisotopic (exact) mass is 141 g/mol. The highest BCUT2D eigenvalue weighted by molar-refractivity contribution is 4.90. The van der Waals surface area contributed by atoms with Crippen LogP contribution in [-0.4, -0.2) is 36.7 Å². The number of hydrogen-bond acceptors (Lipinski definition) is 2. The Balaban J connectivity index is 1.90. The van der Waals surface area contributed by atoms with Crippen molar-refractivity contribution in [3.63, 3.8) is 0 Å². The van der Waals surface area contributed by atoms with Gasteiger partial charge in [0.1, 0.15) is 0 Å². The highest BCUT2D eigenvalue weighted by atomic mass is 16.5. The fourth-order valence-corrected chi connectivity index (χ4v) is 2.04. The maximum atomic E-state index is 5.49. The molecule has 10 heavy (non-hydrogen) atoms. The summed E-state index contributed by atoms with van der Waals surface area (Å²) in [6.07, 6.45) is 3.15. The largest absolute Gasteiger partial charge is 0.375 e. The number of hydrogen-bond donors (Lipinski definition) is 0. The second kappa shape index (κ2) is 2.51. The molecule has 0 aromatic heterocycles. The van der Waals surface area contributed by atoms with Crippen LogP contribution in [0.15, 0.2) is 0 Å². The first-order valence-electron chi connectivity index (χ1n) is 4.26. The van der Waals surface area contributed by atoms with Gasteiger partial charge in [0, 0.05) is 12.6 Å². The van der Waals surface area contributed by atoms with Crippen molar-refractivity contribution in [3.8, 4) is 0 Å². The van der Waals surface area contributed by atoms with E-state index in [1.807, 2.05) is 0 Å². The summed E-state index contributed by atoms with van der Waals surface area (Å²) in [6, 6.07) is 0.768. The zero-order valence-electron chi connectivity index (χ0n) is 6.55. The molecule has 0 saturated carbocycles. The smallest absolute Gasteiger partial charge is 0.0718 e. The third kappa shape index (κ3) is 0.956. The lowest BCUT2D eigenvalue weighted by Gasteiger charge is -2.25. The molecule has 0 radical (unpaired) electrons. The number of likely N-dealkylation sites (tertiary alicyclic amines) is 1. The van der Waals surface area contributed by atoms with E-state index in [0.717, 1.165) is 12.6 Å². The third-order valence-corrected chi connectivity index (χ3v) is 2.52.